The molecule has 2 aliphatic rings. The summed E-state index contributed by atoms with van der Waals surface area (Å²) in [5.74, 6) is -2.30. The third-order valence-corrected chi connectivity index (χ3v) is 7.33. The highest BCUT2D eigenvalue weighted by Gasteiger charge is 2.54. The number of rotatable bonds is 10. The standard InChI is InChI=1S/C31H52N4O13/c1-13-14-44-25(40)33-19(21(36)17-15-45-30(8,9)34(17)26(41)47-28(2,3)4)23(38)32-20(24(39)43-12)22(37)18-16-46-31(10,11)35(18)27(42)48-29(5,6)7/h13,17-22,36-37H,1,14-16H2,2-12H3,(H,32,38)(H,33,40)/t17-,18-,19-,20+,21-,22-/m0/s1. The number of carbonyl (C=O) groups is 5. The lowest BCUT2D eigenvalue weighted by Crippen LogP contribution is -2.65. The van der Waals surface area contributed by atoms with Crippen molar-refractivity contribution in [1.29, 1.82) is 0 Å². The fourth-order valence-corrected chi connectivity index (χ4v) is 5.21. The van der Waals surface area contributed by atoms with Gasteiger partial charge in [-0.1, -0.05) is 12.7 Å². The zero-order chi connectivity index (χ0) is 37.0. The number of carbonyl (C=O) groups excluding carboxylic acids is 5. The smallest absolute Gasteiger partial charge is 0.412 e. The van der Waals surface area contributed by atoms with E-state index < -0.39 is 89.2 Å². The molecule has 6 atom stereocenters. The lowest BCUT2D eigenvalue weighted by atomic mass is 9.98. The third kappa shape index (κ3) is 10.2. The van der Waals surface area contributed by atoms with Gasteiger partial charge in [0.05, 0.1) is 32.4 Å². The summed E-state index contributed by atoms with van der Waals surface area (Å²) in [7, 11) is 1.02. The summed E-state index contributed by atoms with van der Waals surface area (Å²) in [5, 5.41) is 27.7. The number of nitrogens with zero attached hydrogens (tertiary/aromatic N) is 2. The van der Waals surface area contributed by atoms with Crippen molar-refractivity contribution in [1.82, 2.24) is 20.4 Å². The zero-order valence-corrected chi connectivity index (χ0v) is 29.6. The molecule has 0 saturated carbocycles. The average molecular weight is 689 g/mol. The van der Waals surface area contributed by atoms with E-state index in [1.807, 2.05) is 0 Å². The molecule has 0 unspecified atom stereocenters. The van der Waals surface area contributed by atoms with Gasteiger partial charge in [-0.2, -0.15) is 0 Å². The van der Waals surface area contributed by atoms with Crippen LogP contribution >= 0.6 is 0 Å². The van der Waals surface area contributed by atoms with Gasteiger partial charge in [0.15, 0.2) is 6.04 Å². The van der Waals surface area contributed by atoms with E-state index >= 15 is 0 Å². The molecule has 0 aromatic carbocycles. The lowest BCUT2D eigenvalue weighted by Gasteiger charge is -2.39. The Balaban J connectivity index is 2.49. The molecular formula is C31H52N4O13. The molecular weight excluding hydrogens is 636 g/mol. The van der Waals surface area contributed by atoms with Crippen molar-refractivity contribution < 1.29 is 62.6 Å². The maximum absolute atomic E-state index is 13.9. The van der Waals surface area contributed by atoms with E-state index in [-0.39, 0.29) is 19.8 Å². The van der Waals surface area contributed by atoms with Crippen LogP contribution in [-0.2, 0) is 38.0 Å². The second kappa shape index (κ2) is 15.3. The number of methoxy groups -OCH3 is 1. The van der Waals surface area contributed by atoms with Gasteiger partial charge >= 0.3 is 24.2 Å². The van der Waals surface area contributed by atoms with Crippen molar-refractivity contribution in [2.24, 2.45) is 0 Å². The molecule has 4 amide bonds. The van der Waals surface area contributed by atoms with E-state index in [9.17, 15) is 34.2 Å². The van der Waals surface area contributed by atoms with Crippen LogP contribution < -0.4 is 10.6 Å². The molecule has 17 heteroatoms. The minimum Gasteiger partial charge on any atom is -0.467 e. The van der Waals surface area contributed by atoms with Crippen LogP contribution in [0.1, 0.15) is 69.2 Å². The quantitative estimate of drug-likeness (QED) is 0.145. The molecule has 0 aromatic heterocycles. The van der Waals surface area contributed by atoms with Crippen molar-refractivity contribution in [3.05, 3.63) is 12.7 Å². The Morgan fingerprint density at radius 1 is 0.833 bits per heavy atom. The van der Waals surface area contributed by atoms with Crippen molar-refractivity contribution in [2.75, 3.05) is 26.9 Å². The Morgan fingerprint density at radius 2 is 1.25 bits per heavy atom. The molecule has 274 valence electrons. The predicted octanol–water partition coefficient (Wildman–Crippen LogP) is 1.39. The second-order valence-electron chi connectivity index (χ2n) is 14.4. The fourth-order valence-electron chi connectivity index (χ4n) is 5.21. The van der Waals surface area contributed by atoms with E-state index in [1.54, 1.807) is 69.2 Å². The molecule has 0 spiro atoms. The molecule has 0 aromatic rings. The van der Waals surface area contributed by atoms with Crippen molar-refractivity contribution in [2.45, 2.75) is 128 Å². The minimum atomic E-state index is -1.90. The first-order valence-corrected chi connectivity index (χ1v) is 15.5. The number of esters is 1. The highest BCUT2D eigenvalue weighted by Crippen LogP contribution is 2.33. The molecule has 17 nitrogen and oxygen atoms in total. The Hall–Kier alpha value is -3.67. The first-order valence-electron chi connectivity index (χ1n) is 15.5. The topological polar surface area (TPSA) is 212 Å². The highest BCUT2D eigenvalue weighted by molar-refractivity contribution is 5.90. The number of alkyl carbamates (subject to hydrolysis) is 1. The van der Waals surface area contributed by atoms with E-state index in [0.29, 0.717) is 0 Å². The van der Waals surface area contributed by atoms with Gasteiger partial charge in [-0.25, -0.2) is 19.2 Å². The second-order valence-corrected chi connectivity index (χ2v) is 14.4. The Bertz CT molecular complexity index is 1210. The van der Waals surface area contributed by atoms with Gasteiger partial charge < -0.3 is 49.3 Å². The Kier molecular flexibility index (Phi) is 12.9. The van der Waals surface area contributed by atoms with E-state index in [1.165, 1.54) is 6.08 Å². The van der Waals surface area contributed by atoms with Crippen LogP contribution in [-0.4, -0.2) is 136 Å². The number of nitrogens with one attached hydrogen (secondary N) is 2. The van der Waals surface area contributed by atoms with Gasteiger partial charge in [0, 0.05) is 0 Å². The Labute approximate surface area is 281 Å². The molecule has 2 aliphatic heterocycles. The van der Waals surface area contributed by atoms with Gasteiger partial charge in [0.25, 0.3) is 0 Å². The molecule has 0 radical (unpaired) electrons. The number of hydrogen-bond acceptors (Lipinski definition) is 13. The SMILES string of the molecule is C=CCOC(=O)N[C@H](C(=O)N[C@@H](C(=O)OC)[C@@H](O)[C@@H]1COC(C)(C)N1C(=O)OC(C)(C)C)[C@@H](O)[C@@H]1COC(C)(C)N1C(=O)OC(C)(C)C. The van der Waals surface area contributed by atoms with Crippen LogP contribution in [0, 0.1) is 0 Å². The summed E-state index contributed by atoms with van der Waals surface area (Å²) in [4.78, 5) is 68.3. The molecule has 2 heterocycles. The molecule has 2 fully saturated rings. The summed E-state index contributed by atoms with van der Waals surface area (Å²) >= 11 is 0. The monoisotopic (exact) mass is 688 g/mol. The first kappa shape index (κ1) is 40.5. The number of ether oxygens (including phenoxy) is 6. The molecule has 48 heavy (non-hydrogen) atoms. The number of aliphatic hydroxyl groups is 2. The van der Waals surface area contributed by atoms with Gasteiger partial charge in [0.2, 0.25) is 5.91 Å². The summed E-state index contributed by atoms with van der Waals surface area (Å²) in [5.41, 5.74) is -4.43. The normalized spacial score (nSPS) is 22.9. The average Bonchev–Trinajstić information content (AvgIpc) is 3.44. The molecule has 2 rings (SSSR count). The van der Waals surface area contributed by atoms with Crippen LogP contribution in [0.5, 0.6) is 0 Å². The number of aliphatic hydroxyl groups excluding tert-OH is 2. The molecule has 0 aliphatic carbocycles. The van der Waals surface area contributed by atoms with Crippen LogP contribution in [0.2, 0.25) is 0 Å². The van der Waals surface area contributed by atoms with Gasteiger partial charge in [-0.3, -0.25) is 14.6 Å². The summed E-state index contributed by atoms with van der Waals surface area (Å²) in [6.45, 7) is 18.8. The molecule has 2 saturated heterocycles. The third-order valence-electron chi connectivity index (χ3n) is 7.33. The van der Waals surface area contributed by atoms with Crippen molar-refractivity contribution in [3.63, 3.8) is 0 Å². The predicted molar refractivity (Wildman–Crippen MR) is 168 cm³/mol. The summed E-state index contributed by atoms with van der Waals surface area (Å²) in [6.07, 6.45) is -5.31. The van der Waals surface area contributed by atoms with Crippen LogP contribution in [0.3, 0.4) is 0 Å². The van der Waals surface area contributed by atoms with Crippen molar-refractivity contribution in [3.8, 4) is 0 Å². The van der Waals surface area contributed by atoms with Gasteiger partial charge in [-0.05, 0) is 69.2 Å². The number of amides is 4. The maximum atomic E-state index is 13.9. The Morgan fingerprint density at radius 3 is 1.62 bits per heavy atom. The summed E-state index contributed by atoms with van der Waals surface area (Å²) in [6, 6.07) is -6.22. The van der Waals surface area contributed by atoms with E-state index in [2.05, 4.69) is 17.2 Å². The largest absolute Gasteiger partial charge is 0.467 e. The summed E-state index contributed by atoms with van der Waals surface area (Å²) < 4.78 is 32.3. The minimum absolute atomic E-state index is 0.249. The molecule has 4 N–H and O–H groups in total. The number of hydrogen-bond donors (Lipinski definition) is 4. The highest BCUT2D eigenvalue weighted by atomic mass is 16.6. The van der Waals surface area contributed by atoms with Gasteiger partial charge in [-0.15, -0.1) is 0 Å². The zero-order valence-electron chi connectivity index (χ0n) is 29.6. The lowest BCUT2D eigenvalue weighted by molar-refractivity contribution is -0.150. The van der Waals surface area contributed by atoms with E-state index in [4.69, 9.17) is 28.4 Å². The molecule has 0 bridgehead atoms. The van der Waals surface area contributed by atoms with Crippen molar-refractivity contribution >= 4 is 30.2 Å². The fraction of sp³-hybridized carbons (Fsp3) is 0.774. The first-order chi connectivity index (χ1) is 21.9. The van der Waals surface area contributed by atoms with Crippen LogP contribution in [0.15, 0.2) is 12.7 Å². The van der Waals surface area contributed by atoms with Crippen LogP contribution in [0.25, 0.3) is 0 Å². The maximum Gasteiger partial charge on any atom is 0.412 e. The van der Waals surface area contributed by atoms with E-state index in [0.717, 1.165) is 16.9 Å². The van der Waals surface area contributed by atoms with Crippen LogP contribution in [0.4, 0.5) is 14.4 Å². The van der Waals surface area contributed by atoms with Gasteiger partial charge in [0.1, 0.15) is 47.5 Å².